The lowest BCUT2D eigenvalue weighted by Gasteiger charge is -2.13. The summed E-state index contributed by atoms with van der Waals surface area (Å²) in [4.78, 5) is 12.7. The van der Waals surface area contributed by atoms with Gasteiger partial charge < -0.3 is 14.8 Å². The first-order valence-corrected chi connectivity index (χ1v) is 11.3. The zero-order valence-corrected chi connectivity index (χ0v) is 20.5. The van der Waals surface area contributed by atoms with E-state index in [9.17, 15) is 10.1 Å². The number of amides is 1. The maximum atomic E-state index is 12.7. The zero-order valence-electron chi connectivity index (χ0n) is 19.7. The molecule has 0 radical (unpaired) electrons. The average Bonchev–Trinajstić information content (AvgIpc) is 2.81. The molecule has 0 aliphatic rings. The molecule has 1 amide bonds. The number of nitriles is 1. The summed E-state index contributed by atoms with van der Waals surface area (Å²) in [7, 11) is 0. The van der Waals surface area contributed by atoms with Crippen molar-refractivity contribution in [3.05, 3.63) is 93.0 Å². The van der Waals surface area contributed by atoms with Crippen molar-refractivity contribution in [2.75, 3.05) is 11.9 Å². The number of ether oxygens (including phenoxy) is 2. The summed E-state index contributed by atoms with van der Waals surface area (Å²) in [5, 5.41) is 12.8. The molecule has 0 bridgehead atoms. The highest BCUT2D eigenvalue weighted by Crippen LogP contribution is 2.30. The molecule has 34 heavy (non-hydrogen) atoms. The van der Waals surface area contributed by atoms with Gasteiger partial charge in [-0.15, -0.1) is 0 Å². The van der Waals surface area contributed by atoms with E-state index >= 15 is 0 Å². The van der Waals surface area contributed by atoms with Crippen molar-refractivity contribution in [3.8, 4) is 17.6 Å². The summed E-state index contributed by atoms with van der Waals surface area (Å²) in [6.45, 7) is 8.74. The minimum absolute atomic E-state index is 0.0365. The first-order chi connectivity index (χ1) is 16.3. The van der Waals surface area contributed by atoms with Crippen LogP contribution in [0.4, 0.5) is 5.69 Å². The molecule has 0 heterocycles. The van der Waals surface area contributed by atoms with E-state index in [1.54, 1.807) is 36.4 Å². The predicted molar refractivity (Wildman–Crippen MR) is 136 cm³/mol. The van der Waals surface area contributed by atoms with Gasteiger partial charge >= 0.3 is 0 Å². The average molecular weight is 475 g/mol. The predicted octanol–water partition coefficient (Wildman–Crippen LogP) is 6.79. The largest absolute Gasteiger partial charge is 0.490 e. The molecule has 3 rings (SSSR count). The summed E-state index contributed by atoms with van der Waals surface area (Å²) in [6, 6.07) is 18.7. The maximum absolute atomic E-state index is 12.7. The lowest BCUT2D eigenvalue weighted by Crippen LogP contribution is -2.14. The second-order valence-electron chi connectivity index (χ2n) is 7.93. The van der Waals surface area contributed by atoms with E-state index in [1.807, 2.05) is 26.0 Å². The first kappa shape index (κ1) is 24.9. The molecule has 1 N–H and O–H groups in total. The smallest absolute Gasteiger partial charge is 0.266 e. The van der Waals surface area contributed by atoms with Crippen molar-refractivity contribution in [3.63, 3.8) is 0 Å². The van der Waals surface area contributed by atoms with E-state index in [0.29, 0.717) is 41.0 Å². The van der Waals surface area contributed by atoms with Crippen molar-refractivity contribution < 1.29 is 14.3 Å². The Balaban J connectivity index is 1.80. The molecule has 3 aromatic carbocycles. The Kier molecular flexibility index (Phi) is 8.34. The minimum atomic E-state index is -0.513. The van der Waals surface area contributed by atoms with Crippen LogP contribution in [0.2, 0.25) is 5.02 Å². The van der Waals surface area contributed by atoms with Gasteiger partial charge in [0.05, 0.1) is 6.61 Å². The van der Waals surface area contributed by atoms with Gasteiger partial charge in [0.2, 0.25) is 0 Å². The molecule has 0 saturated heterocycles. The lowest BCUT2D eigenvalue weighted by atomic mass is 10.1. The van der Waals surface area contributed by atoms with Gasteiger partial charge in [0.25, 0.3) is 5.91 Å². The highest BCUT2D eigenvalue weighted by Gasteiger charge is 2.13. The Morgan fingerprint density at radius 1 is 0.971 bits per heavy atom. The van der Waals surface area contributed by atoms with Crippen molar-refractivity contribution in [1.82, 2.24) is 0 Å². The molecule has 0 fully saturated rings. The van der Waals surface area contributed by atoms with E-state index in [2.05, 4.69) is 31.3 Å². The van der Waals surface area contributed by atoms with Crippen LogP contribution in [0.15, 0.2) is 60.2 Å². The van der Waals surface area contributed by atoms with E-state index in [0.717, 1.165) is 11.1 Å². The van der Waals surface area contributed by atoms with Crippen LogP contribution in [-0.2, 0) is 11.4 Å². The number of hydrogen-bond acceptors (Lipinski definition) is 4. The second kappa shape index (κ2) is 11.4. The Labute approximate surface area is 205 Å². The van der Waals surface area contributed by atoms with Crippen LogP contribution in [0.25, 0.3) is 6.08 Å². The van der Waals surface area contributed by atoms with Crippen LogP contribution < -0.4 is 14.8 Å². The summed E-state index contributed by atoms with van der Waals surface area (Å²) in [6.07, 6.45) is 1.52. The number of carbonyl (C=O) groups is 1. The van der Waals surface area contributed by atoms with Crippen LogP contribution in [0.1, 0.15) is 34.7 Å². The van der Waals surface area contributed by atoms with E-state index in [4.69, 9.17) is 21.1 Å². The fourth-order valence-corrected chi connectivity index (χ4v) is 3.46. The highest BCUT2D eigenvalue weighted by atomic mass is 35.5. The monoisotopic (exact) mass is 474 g/mol. The number of hydrogen-bond donors (Lipinski definition) is 1. The summed E-state index contributed by atoms with van der Waals surface area (Å²) in [5.41, 5.74) is 5.53. The van der Waals surface area contributed by atoms with Gasteiger partial charge in [-0.3, -0.25) is 4.79 Å². The van der Waals surface area contributed by atoms with Crippen LogP contribution in [0.3, 0.4) is 0 Å². The number of rotatable bonds is 8. The number of nitrogens with zero attached hydrogens (tertiary/aromatic N) is 1. The molecule has 0 atom stereocenters. The van der Waals surface area contributed by atoms with Gasteiger partial charge in [0.15, 0.2) is 11.5 Å². The third-order valence-corrected chi connectivity index (χ3v) is 5.59. The van der Waals surface area contributed by atoms with Crippen LogP contribution in [0, 0.1) is 32.1 Å². The van der Waals surface area contributed by atoms with Crippen LogP contribution in [0.5, 0.6) is 11.5 Å². The Morgan fingerprint density at radius 3 is 2.44 bits per heavy atom. The highest BCUT2D eigenvalue weighted by molar-refractivity contribution is 6.31. The molecule has 6 heteroatoms. The van der Waals surface area contributed by atoms with Gasteiger partial charge in [-0.2, -0.15) is 5.26 Å². The molecular weight excluding hydrogens is 448 g/mol. The molecule has 174 valence electrons. The third-order valence-electron chi connectivity index (χ3n) is 5.36. The summed E-state index contributed by atoms with van der Waals surface area (Å²) >= 11 is 6.03. The molecule has 3 aromatic rings. The molecule has 0 aliphatic heterocycles. The Bertz CT molecular complexity index is 1280. The minimum Gasteiger partial charge on any atom is -0.490 e. The maximum Gasteiger partial charge on any atom is 0.266 e. The molecule has 0 spiro atoms. The van der Waals surface area contributed by atoms with E-state index < -0.39 is 5.91 Å². The molecule has 5 nitrogen and oxygen atoms in total. The first-order valence-electron chi connectivity index (χ1n) is 11.0. The Morgan fingerprint density at radius 2 is 1.74 bits per heavy atom. The summed E-state index contributed by atoms with van der Waals surface area (Å²) in [5.74, 6) is 0.624. The topological polar surface area (TPSA) is 71.3 Å². The Hall–Kier alpha value is -3.75. The normalized spacial score (nSPS) is 11.0. The number of benzene rings is 3. The van der Waals surface area contributed by atoms with Crippen molar-refractivity contribution >= 4 is 29.3 Å². The molecule has 0 saturated carbocycles. The van der Waals surface area contributed by atoms with Gasteiger partial charge in [-0.05, 0) is 85.9 Å². The molecule has 0 aromatic heterocycles. The van der Waals surface area contributed by atoms with Crippen LogP contribution in [-0.4, -0.2) is 12.5 Å². The van der Waals surface area contributed by atoms with Gasteiger partial charge in [-0.25, -0.2) is 0 Å². The van der Waals surface area contributed by atoms with Gasteiger partial charge in [0.1, 0.15) is 18.2 Å². The number of aryl methyl sites for hydroxylation is 3. The lowest BCUT2D eigenvalue weighted by molar-refractivity contribution is -0.112. The molecule has 0 aliphatic carbocycles. The number of carbonyl (C=O) groups excluding carboxylic acids is 1. The summed E-state index contributed by atoms with van der Waals surface area (Å²) < 4.78 is 11.8. The SMILES string of the molecule is CCOc1cc(/C=C(\C#N)C(=O)Nc2cc(Cl)ccc2C)ccc1OCc1ccc(C)c(C)c1. The van der Waals surface area contributed by atoms with Crippen molar-refractivity contribution in [1.29, 1.82) is 5.26 Å². The van der Waals surface area contributed by atoms with Gasteiger partial charge in [-0.1, -0.05) is 41.9 Å². The fraction of sp³-hybridized carbons (Fsp3) is 0.214. The quantitative estimate of drug-likeness (QED) is 0.288. The van der Waals surface area contributed by atoms with E-state index in [-0.39, 0.29) is 5.57 Å². The number of nitrogens with one attached hydrogen (secondary N) is 1. The van der Waals surface area contributed by atoms with Crippen LogP contribution >= 0.6 is 11.6 Å². The molecule has 0 unspecified atom stereocenters. The standard InChI is InChI=1S/C28H27ClN2O3/c1-5-33-27-14-21(9-11-26(27)34-17-22-8-6-18(2)20(4)12-22)13-23(16-30)28(32)31-25-15-24(29)10-7-19(25)3/h6-15H,5,17H2,1-4H3,(H,31,32)/b23-13+. The number of halogens is 1. The van der Waals surface area contributed by atoms with Crippen molar-refractivity contribution in [2.24, 2.45) is 0 Å². The number of anilines is 1. The third kappa shape index (κ3) is 6.40. The molecular formula is C28H27ClN2O3. The fourth-order valence-electron chi connectivity index (χ4n) is 3.29. The van der Waals surface area contributed by atoms with Gasteiger partial charge in [0, 0.05) is 10.7 Å². The van der Waals surface area contributed by atoms with Crippen molar-refractivity contribution in [2.45, 2.75) is 34.3 Å². The second-order valence-corrected chi connectivity index (χ2v) is 8.37. The van der Waals surface area contributed by atoms with E-state index in [1.165, 1.54) is 17.2 Å². The zero-order chi connectivity index (χ0) is 24.7.